The first-order valence-electron chi connectivity index (χ1n) is 5.40. The van der Waals surface area contributed by atoms with Gasteiger partial charge in [0, 0.05) is 11.9 Å². The van der Waals surface area contributed by atoms with Crippen molar-refractivity contribution in [1.29, 1.82) is 0 Å². The van der Waals surface area contributed by atoms with Crippen LogP contribution in [0.25, 0.3) is 10.8 Å². The smallest absolute Gasteiger partial charge is 0.0877 e. The number of nitrogens with zero attached hydrogens (tertiary/aromatic N) is 1. The predicted molar refractivity (Wildman–Crippen MR) is 65.5 cm³/mol. The lowest BCUT2D eigenvalue weighted by Crippen LogP contribution is -2.21. The maximum absolute atomic E-state index is 3.42. The second-order valence-corrected chi connectivity index (χ2v) is 3.87. The lowest BCUT2D eigenvalue weighted by molar-refractivity contribution is 0.914. The summed E-state index contributed by atoms with van der Waals surface area (Å²) < 4.78 is 0. The first-order chi connectivity index (χ1) is 7.40. The molecule has 2 aromatic carbocycles. The first kappa shape index (κ1) is 8.60. The van der Waals surface area contributed by atoms with Gasteiger partial charge in [-0.15, -0.1) is 0 Å². The van der Waals surface area contributed by atoms with Crippen LogP contribution in [0.1, 0.15) is 6.92 Å². The number of hydrogen-bond donors (Lipinski definition) is 1. The third kappa shape index (κ3) is 1.18. The second-order valence-electron chi connectivity index (χ2n) is 3.87. The molecule has 2 aromatic rings. The van der Waals surface area contributed by atoms with Crippen molar-refractivity contribution in [3.05, 3.63) is 36.4 Å². The summed E-state index contributed by atoms with van der Waals surface area (Å²) in [6.07, 6.45) is 0. The molecule has 0 unspecified atom stereocenters. The van der Waals surface area contributed by atoms with Gasteiger partial charge in [0.25, 0.3) is 0 Å². The van der Waals surface area contributed by atoms with E-state index in [-0.39, 0.29) is 0 Å². The van der Waals surface area contributed by atoms with Crippen LogP contribution in [-0.4, -0.2) is 13.2 Å². The minimum atomic E-state index is 0.930. The highest BCUT2D eigenvalue weighted by atomic mass is 15.3. The van der Waals surface area contributed by atoms with E-state index in [9.17, 15) is 0 Å². The molecule has 1 N–H and O–H groups in total. The van der Waals surface area contributed by atoms with Gasteiger partial charge in [-0.1, -0.05) is 30.3 Å². The van der Waals surface area contributed by atoms with Crippen LogP contribution in [0.15, 0.2) is 36.4 Å². The summed E-state index contributed by atoms with van der Waals surface area (Å²) in [5, 5.41) is 6.09. The van der Waals surface area contributed by atoms with E-state index in [4.69, 9.17) is 0 Å². The summed E-state index contributed by atoms with van der Waals surface area (Å²) in [6, 6.07) is 12.9. The molecule has 76 valence electrons. The standard InChI is InChI=1S/C13H14N2/c1-2-15-9-14-12-8-7-10-5-3-4-6-11(10)13(12)15/h3-8,14H,2,9H2,1H3. The van der Waals surface area contributed by atoms with Crippen molar-refractivity contribution in [3.8, 4) is 0 Å². The number of anilines is 2. The van der Waals surface area contributed by atoms with Crippen LogP contribution < -0.4 is 10.2 Å². The van der Waals surface area contributed by atoms with E-state index >= 15 is 0 Å². The third-order valence-electron chi connectivity index (χ3n) is 3.06. The number of fused-ring (bicyclic) bond motifs is 3. The molecule has 0 aromatic heterocycles. The van der Waals surface area contributed by atoms with E-state index < -0.39 is 0 Å². The molecular formula is C13H14N2. The molecule has 3 rings (SSSR count). The SMILES string of the molecule is CCN1CNc2ccc3ccccc3c21. The minimum Gasteiger partial charge on any atom is -0.366 e. The van der Waals surface area contributed by atoms with Crippen LogP contribution in [0.4, 0.5) is 11.4 Å². The molecule has 1 aliphatic heterocycles. The number of rotatable bonds is 1. The summed E-state index contributed by atoms with van der Waals surface area (Å²) in [6.45, 7) is 4.17. The molecule has 2 heteroatoms. The predicted octanol–water partition coefficient (Wildman–Crippen LogP) is 3.05. The fraction of sp³-hybridized carbons (Fsp3) is 0.231. The zero-order chi connectivity index (χ0) is 10.3. The summed E-state index contributed by atoms with van der Waals surface area (Å²) in [5.41, 5.74) is 2.62. The van der Waals surface area contributed by atoms with Crippen molar-refractivity contribution in [2.24, 2.45) is 0 Å². The van der Waals surface area contributed by atoms with E-state index in [1.165, 1.54) is 22.1 Å². The maximum Gasteiger partial charge on any atom is 0.0877 e. The fourth-order valence-electron chi connectivity index (χ4n) is 2.27. The molecular weight excluding hydrogens is 184 g/mol. The molecule has 0 fully saturated rings. The Bertz CT molecular complexity index is 505. The molecule has 0 aliphatic carbocycles. The highest BCUT2D eigenvalue weighted by Gasteiger charge is 2.18. The molecule has 1 aliphatic rings. The van der Waals surface area contributed by atoms with Crippen molar-refractivity contribution in [2.75, 3.05) is 23.4 Å². The van der Waals surface area contributed by atoms with E-state index in [0.717, 1.165) is 13.2 Å². The Morgan fingerprint density at radius 1 is 1.20 bits per heavy atom. The van der Waals surface area contributed by atoms with Gasteiger partial charge < -0.3 is 10.2 Å². The normalized spacial score (nSPS) is 14.1. The van der Waals surface area contributed by atoms with E-state index in [1.54, 1.807) is 0 Å². The summed E-state index contributed by atoms with van der Waals surface area (Å²) in [4.78, 5) is 2.37. The van der Waals surface area contributed by atoms with Crippen LogP contribution in [0.2, 0.25) is 0 Å². The van der Waals surface area contributed by atoms with Gasteiger partial charge in [-0.05, 0) is 18.4 Å². The second kappa shape index (κ2) is 3.16. The van der Waals surface area contributed by atoms with Gasteiger partial charge in [-0.2, -0.15) is 0 Å². The Hall–Kier alpha value is -1.70. The van der Waals surface area contributed by atoms with Gasteiger partial charge in [-0.25, -0.2) is 0 Å². The zero-order valence-electron chi connectivity index (χ0n) is 8.83. The van der Waals surface area contributed by atoms with E-state index in [0.29, 0.717) is 0 Å². The van der Waals surface area contributed by atoms with Gasteiger partial charge in [0.05, 0.1) is 18.0 Å². The summed E-state index contributed by atoms with van der Waals surface area (Å²) in [7, 11) is 0. The third-order valence-corrected chi connectivity index (χ3v) is 3.06. The molecule has 1 heterocycles. The van der Waals surface area contributed by atoms with Crippen molar-refractivity contribution < 1.29 is 0 Å². The van der Waals surface area contributed by atoms with Gasteiger partial charge >= 0.3 is 0 Å². The minimum absolute atomic E-state index is 0.930. The molecule has 0 saturated carbocycles. The molecule has 2 nitrogen and oxygen atoms in total. The quantitative estimate of drug-likeness (QED) is 0.757. The topological polar surface area (TPSA) is 15.3 Å². The average molecular weight is 198 g/mol. The van der Waals surface area contributed by atoms with E-state index in [2.05, 4.69) is 53.5 Å². The molecule has 0 radical (unpaired) electrons. The molecule has 0 saturated heterocycles. The van der Waals surface area contributed by atoms with Crippen molar-refractivity contribution >= 4 is 22.1 Å². The molecule has 0 spiro atoms. The van der Waals surface area contributed by atoms with Crippen molar-refractivity contribution in [2.45, 2.75) is 6.92 Å². The average Bonchev–Trinajstić information content (AvgIpc) is 2.72. The Labute approximate surface area is 89.5 Å². The Morgan fingerprint density at radius 2 is 2.07 bits per heavy atom. The fourth-order valence-corrected chi connectivity index (χ4v) is 2.27. The van der Waals surface area contributed by atoms with Gasteiger partial charge in [0.2, 0.25) is 0 Å². The Kier molecular flexibility index (Phi) is 1.81. The lowest BCUT2D eigenvalue weighted by Gasteiger charge is -2.16. The van der Waals surface area contributed by atoms with Gasteiger partial charge in [0.1, 0.15) is 0 Å². The molecule has 0 amide bonds. The number of nitrogens with one attached hydrogen (secondary N) is 1. The molecule has 15 heavy (non-hydrogen) atoms. The van der Waals surface area contributed by atoms with Crippen molar-refractivity contribution in [1.82, 2.24) is 0 Å². The monoisotopic (exact) mass is 198 g/mol. The highest BCUT2D eigenvalue weighted by Crippen LogP contribution is 2.37. The Morgan fingerprint density at radius 3 is 2.93 bits per heavy atom. The maximum atomic E-state index is 3.42. The largest absolute Gasteiger partial charge is 0.366 e. The van der Waals surface area contributed by atoms with E-state index in [1.807, 2.05) is 0 Å². The number of hydrogen-bond acceptors (Lipinski definition) is 2. The van der Waals surface area contributed by atoms with Crippen LogP contribution in [0, 0.1) is 0 Å². The van der Waals surface area contributed by atoms with Gasteiger partial charge in [0.15, 0.2) is 0 Å². The summed E-state index contributed by atoms with van der Waals surface area (Å²) in [5.74, 6) is 0. The summed E-state index contributed by atoms with van der Waals surface area (Å²) >= 11 is 0. The number of benzene rings is 2. The highest BCUT2D eigenvalue weighted by molar-refractivity contribution is 6.02. The molecule has 0 atom stereocenters. The van der Waals surface area contributed by atoms with Crippen LogP contribution in [0.3, 0.4) is 0 Å². The lowest BCUT2D eigenvalue weighted by atomic mass is 10.1. The van der Waals surface area contributed by atoms with Crippen LogP contribution in [-0.2, 0) is 0 Å². The molecule has 0 bridgehead atoms. The van der Waals surface area contributed by atoms with Gasteiger partial charge in [-0.3, -0.25) is 0 Å². The zero-order valence-corrected chi connectivity index (χ0v) is 8.83. The van der Waals surface area contributed by atoms with Crippen molar-refractivity contribution in [3.63, 3.8) is 0 Å². The first-order valence-corrected chi connectivity index (χ1v) is 5.40. The Balaban J connectivity index is 2.32. The van der Waals surface area contributed by atoms with Crippen LogP contribution in [0.5, 0.6) is 0 Å². The van der Waals surface area contributed by atoms with Crippen LogP contribution >= 0.6 is 0 Å².